The molecule has 0 saturated carbocycles. The van der Waals surface area contributed by atoms with Gasteiger partial charge in [-0.2, -0.15) is 5.10 Å². The van der Waals surface area contributed by atoms with Gasteiger partial charge in [0.15, 0.2) is 5.75 Å². The van der Waals surface area contributed by atoms with Crippen LogP contribution >= 0.6 is 15.9 Å². The molecule has 3 nitrogen and oxygen atoms in total. The van der Waals surface area contributed by atoms with Gasteiger partial charge >= 0.3 is 0 Å². The first-order valence-corrected chi connectivity index (χ1v) is 5.30. The van der Waals surface area contributed by atoms with Gasteiger partial charge in [-0.3, -0.25) is 0 Å². The standard InChI is InChI=1S/C11H7BrN2O/c12-8-2-1-3-9-7(8)4-5-10-11(15)6-13-14(9)10/h1-6,15H. The van der Waals surface area contributed by atoms with Crippen LogP contribution in [0.15, 0.2) is 41.0 Å². The second-order valence-corrected chi connectivity index (χ2v) is 4.19. The summed E-state index contributed by atoms with van der Waals surface area (Å²) in [6, 6.07) is 9.73. The molecule has 2 aromatic heterocycles. The number of aromatic nitrogens is 2. The second-order valence-electron chi connectivity index (χ2n) is 3.33. The number of hydrogen-bond acceptors (Lipinski definition) is 2. The summed E-state index contributed by atoms with van der Waals surface area (Å²) in [5, 5.41) is 14.8. The monoisotopic (exact) mass is 262 g/mol. The van der Waals surface area contributed by atoms with Crippen molar-refractivity contribution in [2.24, 2.45) is 0 Å². The van der Waals surface area contributed by atoms with E-state index in [1.54, 1.807) is 4.52 Å². The van der Waals surface area contributed by atoms with E-state index in [4.69, 9.17) is 0 Å². The third-order valence-electron chi connectivity index (χ3n) is 2.45. The molecule has 3 rings (SSSR count). The lowest BCUT2D eigenvalue weighted by Crippen LogP contribution is -1.89. The third-order valence-corrected chi connectivity index (χ3v) is 3.14. The Hall–Kier alpha value is -1.55. The molecule has 0 fully saturated rings. The summed E-state index contributed by atoms with van der Waals surface area (Å²) in [6.07, 6.45) is 1.45. The Bertz CT molecular complexity index is 660. The third kappa shape index (κ3) is 1.15. The molecule has 74 valence electrons. The molecule has 0 aliphatic rings. The van der Waals surface area contributed by atoms with Gasteiger partial charge in [-0.05, 0) is 24.3 Å². The van der Waals surface area contributed by atoms with Gasteiger partial charge in [0.05, 0.1) is 11.7 Å². The van der Waals surface area contributed by atoms with Crippen molar-refractivity contribution in [3.63, 3.8) is 0 Å². The van der Waals surface area contributed by atoms with Crippen LogP contribution < -0.4 is 0 Å². The van der Waals surface area contributed by atoms with E-state index in [1.807, 2.05) is 30.3 Å². The summed E-state index contributed by atoms with van der Waals surface area (Å²) < 4.78 is 2.76. The molecule has 1 N–H and O–H groups in total. The predicted molar refractivity (Wildman–Crippen MR) is 62.1 cm³/mol. The zero-order chi connectivity index (χ0) is 10.4. The molecule has 15 heavy (non-hydrogen) atoms. The van der Waals surface area contributed by atoms with Crippen molar-refractivity contribution < 1.29 is 5.11 Å². The van der Waals surface area contributed by atoms with E-state index in [1.165, 1.54) is 6.20 Å². The minimum Gasteiger partial charge on any atom is -0.504 e. The molecule has 2 heterocycles. The van der Waals surface area contributed by atoms with Gasteiger partial charge in [-0.15, -0.1) is 0 Å². The molecule has 0 amide bonds. The lowest BCUT2D eigenvalue weighted by Gasteiger charge is -2.02. The van der Waals surface area contributed by atoms with Crippen LogP contribution in [-0.2, 0) is 0 Å². The Morgan fingerprint density at radius 2 is 2.00 bits per heavy atom. The van der Waals surface area contributed by atoms with E-state index in [0.717, 1.165) is 20.9 Å². The molecule has 0 saturated heterocycles. The molecule has 0 aliphatic carbocycles. The van der Waals surface area contributed by atoms with Crippen LogP contribution in [0.4, 0.5) is 0 Å². The molecule has 0 bridgehead atoms. The van der Waals surface area contributed by atoms with Crippen LogP contribution in [0, 0.1) is 0 Å². The van der Waals surface area contributed by atoms with E-state index in [0.29, 0.717) is 0 Å². The lowest BCUT2D eigenvalue weighted by atomic mass is 10.2. The molecular formula is C11H7BrN2O. The van der Waals surface area contributed by atoms with Crippen molar-refractivity contribution in [1.29, 1.82) is 0 Å². The van der Waals surface area contributed by atoms with Gasteiger partial charge in [0.25, 0.3) is 0 Å². The SMILES string of the molecule is Oc1cnn2c1ccc1c(Br)cccc12. The zero-order valence-corrected chi connectivity index (χ0v) is 9.27. The summed E-state index contributed by atoms with van der Waals surface area (Å²) in [4.78, 5) is 0. The fourth-order valence-electron chi connectivity index (χ4n) is 1.73. The maximum Gasteiger partial charge on any atom is 0.161 e. The van der Waals surface area contributed by atoms with Crippen molar-refractivity contribution in [1.82, 2.24) is 9.61 Å². The molecule has 0 atom stereocenters. The van der Waals surface area contributed by atoms with Crippen molar-refractivity contribution in [2.75, 3.05) is 0 Å². The molecule has 0 aliphatic heterocycles. The second kappa shape index (κ2) is 2.97. The maximum absolute atomic E-state index is 9.54. The van der Waals surface area contributed by atoms with E-state index < -0.39 is 0 Å². The number of pyridine rings is 1. The maximum atomic E-state index is 9.54. The molecule has 3 aromatic rings. The first kappa shape index (κ1) is 8.73. The topological polar surface area (TPSA) is 37.5 Å². The van der Waals surface area contributed by atoms with Gasteiger partial charge in [-0.1, -0.05) is 22.0 Å². The minimum atomic E-state index is 0.205. The Morgan fingerprint density at radius 3 is 2.87 bits per heavy atom. The van der Waals surface area contributed by atoms with Crippen molar-refractivity contribution in [3.05, 3.63) is 41.0 Å². The van der Waals surface area contributed by atoms with Crippen molar-refractivity contribution in [3.8, 4) is 5.75 Å². The molecule has 4 heteroatoms. The fourth-order valence-corrected chi connectivity index (χ4v) is 2.22. The number of nitrogens with zero attached hydrogens (tertiary/aromatic N) is 2. The Kier molecular flexibility index (Phi) is 1.73. The summed E-state index contributed by atoms with van der Waals surface area (Å²) in [5.41, 5.74) is 1.70. The number of benzene rings is 1. The molecule has 0 spiro atoms. The number of rotatable bonds is 0. The van der Waals surface area contributed by atoms with Crippen LogP contribution in [0.3, 0.4) is 0 Å². The summed E-state index contributed by atoms with van der Waals surface area (Å²) in [7, 11) is 0. The highest BCUT2D eigenvalue weighted by molar-refractivity contribution is 9.10. The van der Waals surface area contributed by atoms with Gasteiger partial charge in [-0.25, -0.2) is 4.52 Å². The summed E-state index contributed by atoms with van der Waals surface area (Å²) in [5.74, 6) is 0.205. The zero-order valence-electron chi connectivity index (χ0n) is 7.68. The Labute approximate surface area is 94.1 Å². The van der Waals surface area contributed by atoms with E-state index >= 15 is 0 Å². The van der Waals surface area contributed by atoms with Crippen LogP contribution in [0.5, 0.6) is 5.75 Å². The first-order chi connectivity index (χ1) is 7.27. The van der Waals surface area contributed by atoms with Crippen molar-refractivity contribution >= 4 is 32.3 Å². The quantitative estimate of drug-likeness (QED) is 0.677. The Morgan fingerprint density at radius 1 is 1.13 bits per heavy atom. The highest BCUT2D eigenvalue weighted by atomic mass is 79.9. The minimum absolute atomic E-state index is 0.205. The number of hydrogen-bond donors (Lipinski definition) is 1. The molecule has 1 aromatic carbocycles. The van der Waals surface area contributed by atoms with Gasteiger partial charge in [0, 0.05) is 9.86 Å². The lowest BCUT2D eigenvalue weighted by molar-refractivity contribution is 0.481. The number of fused-ring (bicyclic) bond motifs is 3. The highest BCUT2D eigenvalue weighted by Gasteiger charge is 2.06. The predicted octanol–water partition coefficient (Wildman–Crippen LogP) is 2.96. The van der Waals surface area contributed by atoms with Crippen LogP contribution in [0.2, 0.25) is 0 Å². The smallest absolute Gasteiger partial charge is 0.161 e. The normalized spacial score (nSPS) is 11.3. The van der Waals surface area contributed by atoms with E-state index in [2.05, 4.69) is 21.0 Å². The van der Waals surface area contributed by atoms with E-state index in [9.17, 15) is 5.11 Å². The van der Waals surface area contributed by atoms with Crippen LogP contribution in [0.25, 0.3) is 16.4 Å². The molecule has 0 unspecified atom stereocenters. The number of aromatic hydroxyl groups is 1. The molecular weight excluding hydrogens is 256 g/mol. The fraction of sp³-hybridized carbons (Fsp3) is 0. The van der Waals surface area contributed by atoms with Gasteiger partial charge in [0.2, 0.25) is 0 Å². The van der Waals surface area contributed by atoms with Crippen molar-refractivity contribution in [2.45, 2.75) is 0 Å². The summed E-state index contributed by atoms with van der Waals surface area (Å²) in [6.45, 7) is 0. The summed E-state index contributed by atoms with van der Waals surface area (Å²) >= 11 is 3.49. The van der Waals surface area contributed by atoms with Gasteiger partial charge < -0.3 is 5.11 Å². The van der Waals surface area contributed by atoms with E-state index in [-0.39, 0.29) is 5.75 Å². The average molecular weight is 263 g/mol. The first-order valence-electron chi connectivity index (χ1n) is 4.51. The molecule has 0 radical (unpaired) electrons. The van der Waals surface area contributed by atoms with Crippen LogP contribution in [0.1, 0.15) is 0 Å². The van der Waals surface area contributed by atoms with Crippen LogP contribution in [-0.4, -0.2) is 14.7 Å². The number of halogens is 1. The highest BCUT2D eigenvalue weighted by Crippen LogP contribution is 2.27. The largest absolute Gasteiger partial charge is 0.504 e. The van der Waals surface area contributed by atoms with Gasteiger partial charge in [0.1, 0.15) is 5.52 Å². The Balaban J connectivity index is 2.61. The average Bonchev–Trinajstić information content (AvgIpc) is 2.61.